The number of hydrogen-bond donors (Lipinski definition) is 2. The van der Waals surface area contributed by atoms with Crippen molar-refractivity contribution in [3.63, 3.8) is 0 Å². The van der Waals surface area contributed by atoms with E-state index in [4.69, 9.17) is 12.2 Å². The summed E-state index contributed by atoms with van der Waals surface area (Å²) in [6, 6.07) is 10.5. The summed E-state index contributed by atoms with van der Waals surface area (Å²) in [5.74, 6) is 2.29. The van der Waals surface area contributed by atoms with E-state index < -0.39 is 0 Å². The van der Waals surface area contributed by atoms with E-state index in [1.54, 1.807) is 0 Å². The second-order valence-corrected chi connectivity index (χ2v) is 7.29. The van der Waals surface area contributed by atoms with Crippen LogP contribution in [-0.2, 0) is 5.75 Å². The molecule has 0 aromatic heterocycles. The van der Waals surface area contributed by atoms with Gasteiger partial charge in [0, 0.05) is 5.75 Å². The first-order valence-electron chi connectivity index (χ1n) is 4.76. The third-order valence-corrected chi connectivity index (χ3v) is 5.88. The van der Waals surface area contributed by atoms with Gasteiger partial charge >= 0.3 is 0 Å². The van der Waals surface area contributed by atoms with E-state index in [1.807, 2.05) is 6.07 Å². The van der Waals surface area contributed by atoms with Gasteiger partial charge in [-0.15, -0.1) is 12.6 Å². The Morgan fingerprint density at radius 3 is 2.50 bits per heavy atom. The first-order valence-corrected chi connectivity index (χ1v) is 7.32. The van der Waals surface area contributed by atoms with E-state index in [9.17, 15) is 0 Å². The third kappa shape index (κ3) is 4.03. The maximum Gasteiger partial charge on any atom is 0.0814 e. The Hall–Kier alpha value is 0.01000. The highest BCUT2D eigenvalue weighted by Gasteiger charge is 2.06. The van der Waals surface area contributed by atoms with Gasteiger partial charge in [0.25, 0.3) is 0 Å². The van der Waals surface area contributed by atoms with Crippen molar-refractivity contribution in [2.24, 2.45) is 0 Å². The van der Waals surface area contributed by atoms with Crippen molar-refractivity contribution >= 4 is 39.3 Å². The minimum absolute atomic E-state index is 0.200. The Bertz CT molecular complexity index is 282. The normalized spacial score (nSPS) is 13.7. The van der Waals surface area contributed by atoms with Crippen molar-refractivity contribution in [2.45, 2.75) is 19.1 Å². The van der Waals surface area contributed by atoms with Crippen molar-refractivity contribution in [3.05, 3.63) is 35.9 Å². The van der Waals surface area contributed by atoms with Crippen LogP contribution in [0.5, 0.6) is 0 Å². The maximum atomic E-state index is 5.17. The lowest BCUT2D eigenvalue weighted by Crippen LogP contribution is -1.97. The standard InChI is InChI=1S/C11H16S3/c1-2-8-14(11(12)13)9-10-6-4-3-5-7-10/h3-7,14H,2,8-9H2,1H3,(H,12,13). The maximum absolute atomic E-state index is 5.17. The summed E-state index contributed by atoms with van der Waals surface area (Å²) in [6.07, 6.45) is 1.19. The number of benzene rings is 1. The summed E-state index contributed by atoms with van der Waals surface area (Å²) in [5.41, 5.74) is 1.38. The molecule has 1 rings (SSSR count). The molecule has 0 aliphatic carbocycles. The van der Waals surface area contributed by atoms with Gasteiger partial charge in [0.1, 0.15) is 0 Å². The molecule has 1 aromatic rings. The highest BCUT2D eigenvalue weighted by atomic mass is 32.3. The van der Waals surface area contributed by atoms with Crippen LogP contribution in [0, 0.1) is 0 Å². The van der Waals surface area contributed by atoms with E-state index in [2.05, 4.69) is 43.8 Å². The smallest absolute Gasteiger partial charge is 0.0814 e. The van der Waals surface area contributed by atoms with Crippen LogP contribution in [0.3, 0.4) is 0 Å². The molecule has 0 heterocycles. The van der Waals surface area contributed by atoms with Crippen molar-refractivity contribution in [1.29, 1.82) is 0 Å². The predicted octanol–water partition coefficient (Wildman–Crippen LogP) is 3.81. The molecule has 0 saturated carbocycles. The van der Waals surface area contributed by atoms with Crippen LogP contribution in [0.2, 0.25) is 0 Å². The summed E-state index contributed by atoms with van der Waals surface area (Å²) in [6.45, 7) is 2.20. The Balaban J connectivity index is 2.60. The van der Waals surface area contributed by atoms with E-state index in [-0.39, 0.29) is 10.9 Å². The fourth-order valence-corrected chi connectivity index (χ4v) is 3.97. The molecular weight excluding hydrogens is 228 g/mol. The fraction of sp³-hybridized carbons (Fsp3) is 0.364. The molecule has 0 nitrogen and oxygen atoms in total. The molecule has 0 spiro atoms. The van der Waals surface area contributed by atoms with Gasteiger partial charge in [-0.05, 0) is 17.7 Å². The van der Waals surface area contributed by atoms with Crippen molar-refractivity contribution < 1.29 is 0 Å². The second-order valence-electron chi connectivity index (χ2n) is 3.19. The van der Waals surface area contributed by atoms with E-state index in [1.165, 1.54) is 17.7 Å². The van der Waals surface area contributed by atoms with Gasteiger partial charge in [-0.25, -0.2) is 10.9 Å². The Morgan fingerprint density at radius 1 is 1.36 bits per heavy atom. The van der Waals surface area contributed by atoms with Crippen molar-refractivity contribution in [1.82, 2.24) is 0 Å². The molecule has 0 saturated heterocycles. The summed E-state index contributed by atoms with van der Waals surface area (Å²) in [4.78, 5) is 0. The Morgan fingerprint density at radius 2 is 2.00 bits per heavy atom. The minimum atomic E-state index is -0.200. The zero-order valence-corrected chi connectivity index (χ0v) is 10.9. The highest BCUT2D eigenvalue weighted by Crippen LogP contribution is 2.34. The Labute approximate surface area is 99.9 Å². The highest BCUT2D eigenvalue weighted by molar-refractivity contribution is 8.49. The first kappa shape index (κ1) is 12.1. The van der Waals surface area contributed by atoms with Gasteiger partial charge < -0.3 is 0 Å². The molecule has 0 N–H and O–H groups in total. The average molecular weight is 244 g/mol. The third-order valence-electron chi connectivity index (χ3n) is 1.98. The van der Waals surface area contributed by atoms with Crippen molar-refractivity contribution in [3.8, 4) is 0 Å². The minimum Gasteiger partial charge on any atom is -0.207 e. The van der Waals surface area contributed by atoms with Crippen molar-refractivity contribution in [2.75, 3.05) is 5.75 Å². The largest absolute Gasteiger partial charge is 0.207 e. The Kier molecular flexibility index (Phi) is 5.60. The SMILES string of the molecule is CCC[SH](Cc1ccccc1)C(=S)S. The molecule has 78 valence electrons. The zero-order valence-electron chi connectivity index (χ0n) is 8.31. The van der Waals surface area contributed by atoms with E-state index in [0.717, 1.165) is 9.28 Å². The van der Waals surface area contributed by atoms with Crippen LogP contribution in [0.15, 0.2) is 30.3 Å². The second kappa shape index (κ2) is 6.49. The molecule has 0 radical (unpaired) electrons. The number of thiol groups is 2. The quantitative estimate of drug-likeness (QED) is 0.600. The molecule has 3 heteroatoms. The molecule has 0 fully saturated rings. The van der Waals surface area contributed by atoms with Gasteiger partial charge in [0.05, 0.1) is 3.53 Å². The molecule has 0 bridgehead atoms. The lowest BCUT2D eigenvalue weighted by Gasteiger charge is -2.18. The summed E-state index contributed by atoms with van der Waals surface area (Å²) in [5, 5.41) is 0. The molecule has 0 aliphatic heterocycles. The van der Waals surface area contributed by atoms with Crippen LogP contribution >= 0.6 is 35.7 Å². The van der Waals surface area contributed by atoms with E-state index in [0.29, 0.717) is 0 Å². The summed E-state index contributed by atoms with van der Waals surface area (Å²) < 4.78 is 0.908. The zero-order chi connectivity index (χ0) is 10.4. The van der Waals surface area contributed by atoms with Crippen LogP contribution in [0.4, 0.5) is 0 Å². The number of thiocarbonyl (C=S) groups is 1. The van der Waals surface area contributed by atoms with Crippen LogP contribution < -0.4 is 0 Å². The average Bonchev–Trinajstić information content (AvgIpc) is 2.18. The van der Waals surface area contributed by atoms with Gasteiger partial charge in [0.2, 0.25) is 0 Å². The van der Waals surface area contributed by atoms with Gasteiger partial charge in [-0.1, -0.05) is 49.5 Å². The molecule has 1 atom stereocenters. The fourth-order valence-electron chi connectivity index (χ4n) is 1.32. The van der Waals surface area contributed by atoms with Gasteiger partial charge in [-0.2, -0.15) is 0 Å². The molecule has 0 amide bonds. The number of rotatable bonds is 4. The number of hydrogen-bond acceptors (Lipinski definition) is 1. The molecule has 0 aliphatic rings. The molecular formula is C11H16S3. The van der Waals surface area contributed by atoms with Crippen LogP contribution in [0.1, 0.15) is 18.9 Å². The molecule has 1 aromatic carbocycles. The summed E-state index contributed by atoms with van der Waals surface area (Å²) >= 11 is 9.49. The van der Waals surface area contributed by atoms with Gasteiger partial charge in [0.15, 0.2) is 0 Å². The van der Waals surface area contributed by atoms with Gasteiger partial charge in [-0.3, -0.25) is 0 Å². The monoisotopic (exact) mass is 244 g/mol. The molecule has 1 unspecified atom stereocenters. The predicted molar refractivity (Wildman–Crippen MR) is 75.9 cm³/mol. The lowest BCUT2D eigenvalue weighted by molar-refractivity contribution is 1.10. The van der Waals surface area contributed by atoms with Crippen LogP contribution in [-0.4, -0.2) is 9.28 Å². The van der Waals surface area contributed by atoms with Crippen LogP contribution in [0.25, 0.3) is 0 Å². The van der Waals surface area contributed by atoms with E-state index >= 15 is 0 Å². The lowest BCUT2D eigenvalue weighted by atomic mass is 10.2. The molecule has 14 heavy (non-hydrogen) atoms. The summed E-state index contributed by atoms with van der Waals surface area (Å²) in [7, 11) is -0.200. The topological polar surface area (TPSA) is 0 Å². The first-order chi connectivity index (χ1) is 6.74.